The lowest BCUT2D eigenvalue weighted by Gasteiger charge is -2.31. The molecule has 1 aromatic heterocycles. The van der Waals surface area contributed by atoms with Crippen molar-refractivity contribution in [3.05, 3.63) is 90.1 Å². The number of rotatable bonds is 7. The number of benzene rings is 3. The molecule has 2 heterocycles. The smallest absolute Gasteiger partial charge is 0.257 e. The number of hydrogen-bond donors (Lipinski definition) is 3. The van der Waals surface area contributed by atoms with E-state index < -0.39 is 0 Å². The van der Waals surface area contributed by atoms with Crippen LogP contribution < -0.4 is 15.4 Å². The van der Waals surface area contributed by atoms with E-state index in [0.29, 0.717) is 29.4 Å². The monoisotopic (exact) mass is 482 g/mol. The van der Waals surface area contributed by atoms with Crippen molar-refractivity contribution >= 4 is 34.1 Å². The molecule has 0 saturated carbocycles. The van der Waals surface area contributed by atoms with Crippen LogP contribution >= 0.6 is 0 Å². The minimum atomic E-state index is -0.256. The van der Waals surface area contributed by atoms with Crippen LogP contribution in [0, 0.1) is 0 Å². The van der Waals surface area contributed by atoms with Gasteiger partial charge in [0.25, 0.3) is 5.91 Å². The summed E-state index contributed by atoms with van der Waals surface area (Å²) in [4.78, 5) is 31.2. The summed E-state index contributed by atoms with van der Waals surface area (Å²) in [5.41, 5.74) is 4.08. The summed E-state index contributed by atoms with van der Waals surface area (Å²) in [6.07, 6.45) is 4.07. The summed E-state index contributed by atoms with van der Waals surface area (Å²) in [6.45, 7) is 1.97. The molecule has 184 valence electrons. The molecule has 7 nitrogen and oxygen atoms in total. The van der Waals surface area contributed by atoms with Crippen molar-refractivity contribution in [1.29, 1.82) is 0 Å². The number of nitrogens with zero attached hydrogens (tertiary/aromatic N) is 1. The average Bonchev–Trinajstić information content (AvgIpc) is 3.33. The van der Waals surface area contributed by atoms with E-state index in [1.165, 1.54) is 10.9 Å². The first-order valence-corrected chi connectivity index (χ1v) is 12.2. The number of H-pyrrole nitrogens is 1. The summed E-state index contributed by atoms with van der Waals surface area (Å²) in [5, 5.41) is 7.02. The molecule has 1 aliphatic heterocycles. The van der Waals surface area contributed by atoms with Crippen LogP contribution in [0.25, 0.3) is 10.9 Å². The van der Waals surface area contributed by atoms with Crippen molar-refractivity contribution < 1.29 is 14.3 Å². The van der Waals surface area contributed by atoms with Gasteiger partial charge >= 0.3 is 0 Å². The van der Waals surface area contributed by atoms with Crippen LogP contribution in [0.4, 0.5) is 11.4 Å². The molecule has 5 rings (SSSR count). The zero-order valence-corrected chi connectivity index (χ0v) is 20.3. The Bertz CT molecular complexity index is 1360. The molecule has 0 aliphatic carbocycles. The van der Waals surface area contributed by atoms with Gasteiger partial charge in [-0.25, -0.2) is 0 Å². The fourth-order valence-electron chi connectivity index (χ4n) is 4.89. The van der Waals surface area contributed by atoms with Crippen LogP contribution in [0.3, 0.4) is 0 Å². The molecule has 2 amide bonds. The number of piperidine rings is 1. The van der Waals surface area contributed by atoms with E-state index in [-0.39, 0.29) is 11.8 Å². The van der Waals surface area contributed by atoms with E-state index in [4.69, 9.17) is 4.74 Å². The van der Waals surface area contributed by atoms with Crippen LogP contribution in [-0.4, -0.2) is 48.4 Å². The molecular weight excluding hydrogens is 452 g/mol. The highest BCUT2D eigenvalue weighted by atomic mass is 16.5. The molecule has 36 heavy (non-hydrogen) atoms. The minimum Gasteiger partial charge on any atom is -0.497 e. The number of amides is 2. The summed E-state index contributed by atoms with van der Waals surface area (Å²) in [5.74, 6) is 0.918. The van der Waals surface area contributed by atoms with Gasteiger partial charge in [-0.2, -0.15) is 0 Å². The predicted octanol–water partition coefficient (Wildman–Crippen LogP) is 5.25. The van der Waals surface area contributed by atoms with E-state index in [1.807, 2.05) is 42.5 Å². The summed E-state index contributed by atoms with van der Waals surface area (Å²) in [6, 6.07) is 22.5. The van der Waals surface area contributed by atoms with E-state index >= 15 is 0 Å². The first kappa shape index (κ1) is 23.6. The maximum atomic E-state index is 12.9. The minimum absolute atomic E-state index is 0.120. The number of nitrogens with one attached hydrogen (secondary N) is 3. The Kier molecular flexibility index (Phi) is 7.00. The number of fused-ring (bicyclic) bond motifs is 1. The van der Waals surface area contributed by atoms with Crippen LogP contribution in [0.5, 0.6) is 5.75 Å². The van der Waals surface area contributed by atoms with Crippen LogP contribution in [0.2, 0.25) is 0 Å². The molecule has 0 radical (unpaired) electrons. The second-order valence-electron chi connectivity index (χ2n) is 9.12. The Morgan fingerprint density at radius 3 is 2.50 bits per heavy atom. The Labute approximate surface area is 210 Å². The highest BCUT2D eigenvalue weighted by molar-refractivity contribution is 6.10. The largest absolute Gasteiger partial charge is 0.497 e. The van der Waals surface area contributed by atoms with Crippen LogP contribution in [-0.2, 0) is 4.79 Å². The van der Waals surface area contributed by atoms with Crippen LogP contribution in [0.15, 0.2) is 79.0 Å². The van der Waals surface area contributed by atoms with E-state index in [9.17, 15) is 9.59 Å². The van der Waals surface area contributed by atoms with Gasteiger partial charge in [-0.05, 0) is 79.9 Å². The third-order valence-electron chi connectivity index (χ3n) is 6.79. The first-order valence-electron chi connectivity index (χ1n) is 12.2. The van der Waals surface area contributed by atoms with Gasteiger partial charge in [-0.1, -0.05) is 30.3 Å². The van der Waals surface area contributed by atoms with Crippen molar-refractivity contribution in [3.8, 4) is 5.75 Å². The lowest BCUT2D eigenvalue weighted by molar-refractivity contribution is -0.117. The molecule has 0 bridgehead atoms. The Morgan fingerprint density at radius 1 is 0.972 bits per heavy atom. The van der Waals surface area contributed by atoms with E-state index in [1.54, 1.807) is 25.3 Å². The molecule has 4 aromatic rings. The quantitative estimate of drug-likeness (QED) is 0.336. The fraction of sp³-hybridized carbons (Fsp3) is 0.241. The van der Waals surface area contributed by atoms with Crippen molar-refractivity contribution in [2.24, 2.45) is 0 Å². The zero-order chi connectivity index (χ0) is 24.9. The number of likely N-dealkylation sites (tertiary alicyclic amines) is 1. The molecule has 0 atom stereocenters. The van der Waals surface area contributed by atoms with Crippen molar-refractivity contribution in [1.82, 2.24) is 9.88 Å². The van der Waals surface area contributed by atoms with Crippen molar-refractivity contribution in [3.63, 3.8) is 0 Å². The number of methoxy groups -OCH3 is 1. The number of para-hydroxylation sites is 2. The number of aromatic amines is 1. The maximum absolute atomic E-state index is 12.9. The van der Waals surface area contributed by atoms with Gasteiger partial charge in [-0.3, -0.25) is 14.5 Å². The average molecular weight is 483 g/mol. The van der Waals surface area contributed by atoms with Gasteiger partial charge in [0, 0.05) is 22.8 Å². The third kappa shape index (κ3) is 5.26. The lowest BCUT2D eigenvalue weighted by atomic mass is 9.89. The van der Waals surface area contributed by atoms with Gasteiger partial charge < -0.3 is 20.4 Å². The second-order valence-corrected chi connectivity index (χ2v) is 9.12. The summed E-state index contributed by atoms with van der Waals surface area (Å²) in [7, 11) is 1.69. The second kappa shape index (κ2) is 10.7. The standard InChI is InChI=1S/C29H30N4O3/c1-36-22-11-12-26-24(17-22)25(18-30-26)20-13-15-33(16-14-20)19-28(34)32-27-10-6-5-9-23(27)29(35)31-21-7-3-2-4-8-21/h2-12,17-18,20,30H,13-16,19H2,1H3,(H,31,35)(H,32,34). The Balaban J connectivity index is 1.18. The predicted molar refractivity (Wildman–Crippen MR) is 143 cm³/mol. The molecule has 0 spiro atoms. The lowest BCUT2D eigenvalue weighted by Crippen LogP contribution is -2.38. The highest BCUT2D eigenvalue weighted by Crippen LogP contribution is 2.34. The number of carbonyl (C=O) groups is 2. The summed E-state index contributed by atoms with van der Waals surface area (Å²) < 4.78 is 5.40. The van der Waals surface area contributed by atoms with E-state index in [2.05, 4.69) is 38.8 Å². The van der Waals surface area contributed by atoms with Crippen molar-refractivity contribution in [2.45, 2.75) is 18.8 Å². The molecule has 3 N–H and O–H groups in total. The molecule has 3 aromatic carbocycles. The highest BCUT2D eigenvalue weighted by Gasteiger charge is 2.24. The molecule has 1 saturated heterocycles. The zero-order valence-electron chi connectivity index (χ0n) is 20.3. The van der Waals surface area contributed by atoms with Gasteiger partial charge in [0.15, 0.2) is 0 Å². The van der Waals surface area contributed by atoms with Crippen molar-refractivity contribution in [2.75, 3.05) is 37.4 Å². The number of aromatic nitrogens is 1. The topological polar surface area (TPSA) is 86.5 Å². The third-order valence-corrected chi connectivity index (χ3v) is 6.79. The van der Waals surface area contributed by atoms with Gasteiger partial charge in [0.1, 0.15) is 5.75 Å². The number of ether oxygens (including phenoxy) is 1. The van der Waals surface area contributed by atoms with Gasteiger partial charge in [-0.15, -0.1) is 0 Å². The Hall–Kier alpha value is -4.10. The number of hydrogen-bond acceptors (Lipinski definition) is 4. The SMILES string of the molecule is COc1ccc2[nH]cc(C3CCN(CC(=O)Nc4ccccc4C(=O)Nc4ccccc4)CC3)c2c1. The van der Waals surface area contributed by atoms with E-state index in [0.717, 1.165) is 37.2 Å². The first-order chi connectivity index (χ1) is 17.6. The Morgan fingerprint density at radius 2 is 1.72 bits per heavy atom. The molecule has 0 unspecified atom stereocenters. The fourth-order valence-corrected chi connectivity index (χ4v) is 4.89. The number of carbonyl (C=O) groups excluding carboxylic acids is 2. The molecular formula is C29H30N4O3. The summed E-state index contributed by atoms with van der Waals surface area (Å²) >= 11 is 0. The molecule has 7 heteroatoms. The van der Waals surface area contributed by atoms with Crippen LogP contribution in [0.1, 0.15) is 34.7 Å². The molecule has 1 fully saturated rings. The number of anilines is 2. The maximum Gasteiger partial charge on any atom is 0.257 e. The normalized spacial score (nSPS) is 14.5. The molecule has 1 aliphatic rings. The van der Waals surface area contributed by atoms with Gasteiger partial charge in [0.05, 0.1) is 24.9 Å². The van der Waals surface area contributed by atoms with Gasteiger partial charge in [0.2, 0.25) is 5.91 Å².